The highest BCUT2D eigenvalue weighted by Crippen LogP contribution is 2.23. The van der Waals surface area contributed by atoms with Gasteiger partial charge in [-0.3, -0.25) is 4.79 Å². The molecule has 2 rings (SSSR count). The van der Waals surface area contributed by atoms with Crippen LogP contribution in [0.3, 0.4) is 0 Å². The van der Waals surface area contributed by atoms with E-state index in [9.17, 15) is 4.79 Å². The molecule has 0 radical (unpaired) electrons. The average molecular weight is 347 g/mol. The lowest BCUT2D eigenvalue weighted by molar-refractivity contribution is -0.128. The quantitative estimate of drug-likeness (QED) is 0.866. The average Bonchev–Trinajstić information content (AvgIpc) is 2.58. The minimum Gasteiger partial charge on any atom is -0.361 e. The highest BCUT2D eigenvalue weighted by molar-refractivity contribution is 6.30. The number of rotatable bonds is 6. The van der Waals surface area contributed by atoms with Crippen LogP contribution in [0.5, 0.6) is 0 Å². The van der Waals surface area contributed by atoms with E-state index in [0.717, 1.165) is 16.8 Å². The van der Waals surface area contributed by atoms with Gasteiger partial charge >= 0.3 is 0 Å². The molecular weight excluding hydrogens is 324 g/mol. The fourth-order valence-electron chi connectivity index (χ4n) is 2.38. The molecule has 1 N–H and O–H groups in total. The molecule has 1 amide bonds. The van der Waals surface area contributed by atoms with Gasteiger partial charge in [0.05, 0.1) is 6.54 Å². The molecule has 0 saturated heterocycles. The van der Waals surface area contributed by atoms with Crippen molar-refractivity contribution in [1.82, 2.24) is 14.9 Å². The number of hydrogen-bond donors (Lipinski definition) is 1. The fraction of sp³-hybridized carbons (Fsp3) is 0.389. The summed E-state index contributed by atoms with van der Waals surface area (Å²) in [5.41, 5.74) is 2.72. The standard InChI is InChI=1S/C18H23ClN4O/c1-5-23(6-2)16(24)11-20-17-12(3)13(4)21-18(22-17)14-7-9-15(19)10-8-14/h7-10H,5-6,11H2,1-4H3,(H,20,21,22). The molecule has 6 heteroatoms. The van der Waals surface area contributed by atoms with Crippen molar-refractivity contribution in [1.29, 1.82) is 0 Å². The van der Waals surface area contributed by atoms with Crippen LogP contribution in [0.4, 0.5) is 5.82 Å². The van der Waals surface area contributed by atoms with Gasteiger partial charge in [-0.25, -0.2) is 9.97 Å². The molecule has 0 aliphatic rings. The van der Waals surface area contributed by atoms with E-state index in [2.05, 4.69) is 15.3 Å². The summed E-state index contributed by atoms with van der Waals surface area (Å²) in [5, 5.41) is 3.83. The summed E-state index contributed by atoms with van der Waals surface area (Å²) >= 11 is 5.93. The van der Waals surface area contributed by atoms with Gasteiger partial charge in [0.15, 0.2) is 5.82 Å². The van der Waals surface area contributed by atoms with Gasteiger partial charge in [0.2, 0.25) is 5.91 Å². The van der Waals surface area contributed by atoms with Crippen LogP contribution in [0.2, 0.25) is 5.02 Å². The molecule has 0 aliphatic heterocycles. The molecule has 24 heavy (non-hydrogen) atoms. The van der Waals surface area contributed by atoms with E-state index < -0.39 is 0 Å². The molecule has 0 atom stereocenters. The summed E-state index contributed by atoms with van der Waals surface area (Å²) in [4.78, 5) is 23.1. The minimum atomic E-state index is 0.0590. The Bertz CT molecular complexity index is 712. The van der Waals surface area contributed by atoms with Gasteiger partial charge < -0.3 is 10.2 Å². The largest absolute Gasteiger partial charge is 0.361 e. The van der Waals surface area contributed by atoms with E-state index in [1.54, 1.807) is 4.90 Å². The Morgan fingerprint density at radius 3 is 2.33 bits per heavy atom. The van der Waals surface area contributed by atoms with Crippen molar-refractivity contribution < 1.29 is 4.79 Å². The Morgan fingerprint density at radius 1 is 1.12 bits per heavy atom. The van der Waals surface area contributed by atoms with E-state index in [0.29, 0.717) is 29.8 Å². The summed E-state index contributed by atoms with van der Waals surface area (Å²) in [6, 6.07) is 7.40. The summed E-state index contributed by atoms with van der Waals surface area (Å²) < 4.78 is 0. The number of aromatic nitrogens is 2. The van der Waals surface area contributed by atoms with Crippen molar-refractivity contribution in [3.05, 3.63) is 40.5 Å². The second-order valence-electron chi connectivity index (χ2n) is 5.53. The van der Waals surface area contributed by atoms with Crippen molar-refractivity contribution in [2.24, 2.45) is 0 Å². The van der Waals surface area contributed by atoms with Crippen molar-refractivity contribution in [3.8, 4) is 11.4 Å². The predicted octanol–water partition coefficient (Wildman–Crippen LogP) is 3.69. The first kappa shape index (κ1) is 18.2. The maximum atomic E-state index is 12.2. The number of carbonyl (C=O) groups excluding carboxylic acids is 1. The minimum absolute atomic E-state index is 0.0590. The van der Waals surface area contributed by atoms with Crippen molar-refractivity contribution in [3.63, 3.8) is 0 Å². The zero-order chi connectivity index (χ0) is 17.7. The first-order chi connectivity index (χ1) is 11.5. The van der Waals surface area contributed by atoms with E-state index in [-0.39, 0.29) is 12.5 Å². The number of nitrogens with one attached hydrogen (secondary N) is 1. The lowest BCUT2D eigenvalue weighted by Crippen LogP contribution is -2.35. The second-order valence-corrected chi connectivity index (χ2v) is 5.97. The SMILES string of the molecule is CCN(CC)C(=O)CNc1nc(-c2ccc(Cl)cc2)nc(C)c1C. The van der Waals surface area contributed by atoms with Gasteiger partial charge in [0.25, 0.3) is 0 Å². The fourth-order valence-corrected chi connectivity index (χ4v) is 2.50. The molecule has 1 aromatic heterocycles. The zero-order valence-corrected chi connectivity index (χ0v) is 15.3. The molecule has 1 aromatic carbocycles. The Balaban J connectivity index is 2.23. The number of nitrogens with zero attached hydrogens (tertiary/aromatic N) is 3. The lowest BCUT2D eigenvalue weighted by Gasteiger charge is -2.19. The summed E-state index contributed by atoms with van der Waals surface area (Å²) in [6.07, 6.45) is 0. The number of halogens is 1. The number of amides is 1. The normalized spacial score (nSPS) is 10.5. The van der Waals surface area contributed by atoms with Gasteiger partial charge in [-0.1, -0.05) is 11.6 Å². The topological polar surface area (TPSA) is 58.1 Å². The molecule has 2 aromatic rings. The number of anilines is 1. The van der Waals surface area contributed by atoms with E-state index >= 15 is 0 Å². The molecular formula is C18H23ClN4O. The van der Waals surface area contributed by atoms with Crippen LogP contribution in [-0.2, 0) is 4.79 Å². The van der Waals surface area contributed by atoms with Crippen molar-refractivity contribution >= 4 is 23.3 Å². The van der Waals surface area contributed by atoms with Crippen LogP contribution in [0.15, 0.2) is 24.3 Å². The van der Waals surface area contributed by atoms with Crippen LogP contribution < -0.4 is 5.32 Å². The third-order valence-electron chi connectivity index (χ3n) is 4.01. The molecule has 5 nitrogen and oxygen atoms in total. The van der Waals surface area contributed by atoms with Gasteiger partial charge in [-0.2, -0.15) is 0 Å². The molecule has 0 bridgehead atoms. The van der Waals surface area contributed by atoms with Crippen LogP contribution in [0.1, 0.15) is 25.1 Å². The lowest BCUT2D eigenvalue weighted by atomic mass is 10.2. The summed E-state index contributed by atoms with van der Waals surface area (Å²) in [5.74, 6) is 1.37. The number of aryl methyl sites for hydroxylation is 1. The first-order valence-corrected chi connectivity index (χ1v) is 8.46. The van der Waals surface area contributed by atoms with Gasteiger partial charge in [-0.15, -0.1) is 0 Å². The van der Waals surface area contributed by atoms with Gasteiger partial charge in [-0.05, 0) is 52.0 Å². The van der Waals surface area contributed by atoms with Gasteiger partial charge in [0, 0.05) is 34.9 Å². The number of carbonyl (C=O) groups is 1. The monoisotopic (exact) mass is 346 g/mol. The third-order valence-corrected chi connectivity index (χ3v) is 4.27. The van der Waals surface area contributed by atoms with Crippen LogP contribution in [0, 0.1) is 13.8 Å². The molecule has 0 aliphatic carbocycles. The number of hydrogen-bond acceptors (Lipinski definition) is 4. The van der Waals surface area contributed by atoms with E-state index in [1.807, 2.05) is 52.0 Å². The molecule has 128 valence electrons. The smallest absolute Gasteiger partial charge is 0.241 e. The molecule has 1 heterocycles. The highest BCUT2D eigenvalue weighted by Gasteiger charge is 2.13. The van der Waals surface area contributed by atoms with E-state index in [4.69, 9.17) is 11.6 Å². The van der Waals surface area contributed by atoms with E-state index in [1.165, 1.54) is 0 Å². The summed E-state index contributed by atoms with van der Waals surface area (Å²) in [6.45, 7) is 9.46. The molecule has 0 fully saturated rings. The molecule has 0 saturated carbocycles. The zero-order valence-electron chi connectivity index (χ0n) is 14.6. The van der Waals surface area contributed by atoms with Crippen molar-refractivity contribution in [2.75, 3.05) is 25.0 Å². The molecule has 0 spiro atoms. The Morgan fingerprint density at radius 2 is 1.75 bits per heavy atom. The van der Waals surface area contributed by atoms with Gasteiger partial charge in [0.1, 0.15) is 5.82 Å². The Hall–Kier alpha value is -2.14. The Labute approximate surface area is 148 Å². The maximum Gasteiger partial charge on any atom is 0.241 e. The second kappa shape index (κ2) is 8.11. The maximum absolute atomic E-state index is 12.2. The van der Waals surface area contributed by atoms with Crippen molar-refractivity contribution in [2.45, 2.75) is 27.7 Å². The molecule has 0 unspecified atom stereocenters. The third kappa shape index (κ3) is 4.23. The predicted molar refractivity (Wildman–Crippen MR) is 98.4 cm³/mol. The Kier molecular flexibility index (Phi) is 6.15. The first-order valence-electron chi connectivity index (χ1n) is 8.09. The summed E-state index contributed by atoms with van der Waals surface area (Å²) in [7, 11) is 0. The number of benzene rings is 1. The highest BCUT2D eigenvalue weighted by atomic mass is 35.5. The van der Waals surface area contributed by atoms with Crippen LogP contribution >= 0.6 is 11.6 Å². The number of likely N-dealkylation sites (N-methyl/N-ethyl adjacent to an activating group) is 1. The van der Waals surface area contributed by atoms with Crippen LogP contribution in [-0.4, -0.2) is 40.4 Å². The van der Waals surface area contributed by atoms with Crippen LogP contribution in [0.25, 0.3) is 11.4 Å².